The van der Waals surface area contributed by atoms with E-state index in [0.29, 0.717) is 12.2 Å². The number of rotatable bonds is 4. The molecule has 0 aliphatic carbocycles. The molecular weight excluding hydrogens is 360 g/mol. The molecule has 2 heterocycles. The van der Waals surface area contributed by atoms with Crippen molar-refractivity contribution in [1.29, 1.82) is 0 Å². The standard InChI is InChI=1S/C18H18N2O3S.ClH/c1-4-23-18(22)15-10(2)16(19-11(15)3)14-9-24-17(20-14)12-5-7-13(21)8-6-12;/h5-9,19,21H,4H2,1-3H3;1H. The lowest BCUT2D eigenvalue weighted by Crippen LogP contribution is -2.06. The number of thiazole rings is 1. The van der Waals surface area contributed by atoms with Gasteiger partial charge in [0.25, 0.3) is 0 Å². The SMILES string of the molecule is CCOC(=O)c1c(C)[nH]c(-c2csc(-c3ccc(O)cc3)n2)c1C.Cl. The molecule has 0 amide bonds. The fraction of sp³-hybridized carbons (Fsp3) is 0.222. The largest absolute Gasteiger partial charge is 0.508 e. The third-order valence-electron chi connectivity index (χ3n) is 3.79. The lowest BCUT2D eigenvalue weighted by atomic mass is 10.1. The van der Waals surface area contributed by atoms with Crippen molar-refractivity contribution >= 4 is 29.7 Å². The zero-order valence-electron chi connectivity index (χ0n) is 14.1. The molecule has 0 aliphatic heterocycles. The van der Waals surface area contributed by atoms with Gasteiger partial charge < -0.3 is 14.8 Å². The van der Waals surface area contributed by atoms with Crippen LogP contribution in [0.15, 0.2) is 29.6 Å². The van der Waals surface area contributed by atoms with Crippen LogP contribution in [0.1, 0.15) is 28.5 Å². The summed E-state index contributed by atoms with van der Waals surface area (Å²) in [5, 5.41) is 12.2. The highest BCUT2D eigenvalue weighted by atomic mass is 35.5. The second-order valence-corrected chi connectivity index (χ2v) is 6.29. The van der Waals surface area contributed by atoms with Gasteiger partial charge in [0.15, 0.2) is 0 Å². The number of phenolic OH excluding ortho intramolecular Hbond substituents is 1. The third kappa shape index (κ3) is 3.70. The number of aromatic nitrogens is 2. The maximum Gasteiger partial charge on any atom is 0.340 e. The fourth-order valence-electron chi connectivity index (χ4n) is 2.64. The molecule has 132 valence electrons. The molecule has 1 aromatic carbocycles. The Morgan fingerprint density at radius 2 is 1.96 bits per heavy atom. The predicted molar refractivity (Wildman–Crippen MR) is 102 cm³/mol. The Kier molecular flexibility index (Phi) is 5.87. The lowest BCUT2D eigenvalue weighted by molar-refractivity contribution is 0.0525. The minimum Gasteiger partial charge on any atom is -0.508 e. The summed E-state index contributed by atoms with van der Waals surface area (Å²) in [6.45, 7) is 5.89. The number of carbonyl (C=O) groups is 1. The molecule has 2 aromatic heterocycles. The topological polar surface area (TPSA) is 75.2 Å². The highest BCUT2D eigenvalue weighted by Gasteiger charge is 2.21. The molecule has 0 aliphatic rings. The van der Waals surface area contributed by atoms with Gasteiger partial charge in [-0.05, 0) is 50.6 Å². The number of hydrogen-bond acceptors (Lipinski definition) is 5. The molecule has 25 heavy (non-hydrogen) atoms. The van der Waals surface area contributed by atoms with Crippen molar-refractivity contribution < 1.29 is 14.6 Å². The quantitative estimate of drug-likeness (QED) is 0.644. The molecule has 2 N–H and O–H groups in total. The zero-order chi connectivity index (χ0) is 17.3. The number of aryl methyl sites for hydroxylation is 1. The molecule has 0 atom stereocenters. The number of benzene rings is 1. The van der Waals surface area contributed by atoms with Gasteiger partial charge in [0, 0.05) is 16.6 Å². The van der Waals surface area contributed by atoms with Crippen LogP contribution in [-0.2, 0) is 4.74 Å². The van der Waals surface area contributed by atoms with Crippen LogP contribution in [-0.4, -0.2) is 27.7 Å². The Bertz CT molecular complexity index is 884. The van der Waals surface area contributed by atoms with Crippen molar-refractivity contribution in [2.45, 2.75) is 20.8 Å². The summed E-state index contributed by atoms with van der Waals surface area (Å²) in [5.74, 6) is -0.0885. The van der Waals surface area contributed by atoms with Gasteiger partial charge in [0.1, 0.15) is 10.8 Å². The maximum atomic E-state index is 12.1. The number of phenols is 1. The molecule has 0 fully saturated rings. The van der Waals surface area contributed by atoms with Crippen LogP contribution in [0.5, 0.6) is 5.75 Å². The summed E-state index contributed by atoms with van der Waals surface area (Å²) >= 11 is 1.52. The van der Waals surface area contributed by atoms with E-state index in [1.807, 2.05) is 31.4 Å². The second-order valence-electron chi connectivity index (χ2n) is 5.43. The van der Waals surface area contributed by atoms with E-state index in [1.165, 1.54) is 11.3 Å². The summed E-state index contributed by atoms with van der Waals surface area (Å²) in [5.41, 5.74) is 4.76. The van der Waals surface area contributed by atoms with E-state index in [4.69, 9.17) is 4.74 Å². The minimum absolute atomic E-state index is 0. The molecule has 5 nitrogen and oxygen atoms in total. The summed E-state index contributed by atoms with van der Waals surface area (Å²) in [6, 6.07) is 6.93. The van der Waals surface area contributed by atoms with Gasteiger partial charge in [-0.3, -0.25) is 0 Å². The number of carbonyl (C=O) groups excluding carboxylic acids is 1. The number of aromatic amines is 1. The Balaban J connectivity index is 0.00000225. The van der Waals surface area contributed by atoms with Crippen LogP contribution in [0.25, 0.3) is 22.0 Å². The molecule has 0 unspecified atom stereocenters. The van der Waals surface area contributed by atoms with Crippen LogP contribution in [0, 0.1) is 13.8 Å². The van der Waals surface area contributed by atoms with Crippen molar-refractivity contribution in [1.82, 2.24) is 9.97 Å². The Morgan fingerprint density at radius 3 is 2.60 bits per heavy atom. The summed E-state index contributed by atoms with van der Waals surface area (Å²) in [7, 11) is 0. The van der Waals surface area contributed by atoms with E-state index in [-0.39, 0.29) is 24.1 Å². The average Bonchev–Trinajstić information content (AvgIpc) is 3.13. The molecule has 0 bridgehead atoms. The van der Waals surface area contributed by atoms with Gasteiger partial charge in [-0.15, -0.1) is 23.7 Å². The van der Waals surface area contributed by atoms with E-state index < -0.39 is 0 Å². The second kappa shape index (κ2) is 7.72. The molecule has 0 spiro atoms. The first-order valence-electron chi connectivity index (χ1n) is 7.62. The lowest BCUT2D eigenvalue weighted by Gasteiger charge is -2.02. The van der Waals surface area contributed by atoms with E-state index in [2.05, 4.69) is 9.97 Å². The number of H-pyrrole nitrogens is 1. The number of aromatic hydroxyl groups is 1. The number of hydrogen-bond donors (Lipinski definition) is 2. The molecule has 3 aromatic rings. The van der Waals surface area contributed by atoms with E-state index in [9.17, 15) is 9.90 Å². The maximum absolute atomic E-state index is 12.1. The van der Waals surface area contributed by atoms with Crippen LogP contribution in [0.2, 0.25) is 0 Å². The fourth-order valence-corrected chi connectivity index (χ4v) is 3.46. The summed E-state index contributed by atoms with van der Waals surface area (Å²) in [4.78, 5) is 20.0. The molecule has 7 heteroatoms. The van der Waals surface area contributed by atoms with Crippen molar-refractivity contribution in [3.63, 3.8) is 0 Å². The summed E-state index contributed by atoms with van der Waals surface area (Å²) < 4.78 is 5.12. The van der Waals surface area contributed by atoms with Gasteiger partial charge in [-0.2, -0.15) is 0 Å². The minimum atomic E-state index is -0.316. The van der Waals surface area contributed by atoms with Gasteiger partial charge >= 0.3 is 5.97 Å². The van der Waals surface area contributed by atoms with Gasteiger partial charge in [-0.25, -0.2) is 9.78 Å². The van der Waals surface area contributed by atoms with Gasteiger partial charge in [0.05, 0.1) is 23.6 Å². The third-order valence-corrected chi connectivity index (χ3v) is 4.68. The first-order chi connectivity index (χ1) is 11.5. The number of ether oxygens (including phenoxy) is 1. The highest BCUT2D eigenvalue weighted by Crippen LogP contribution is 2.32. The number of nitrogens with zero attached hydrogens (tertiary/aromatic N) is 1. The van der Waals surface area contributed by atoms with Crippen LogP contribution >= 0.6 is 23.7 Å². The predicted octanol–water partition coefficient (Wildman–Crippen LogP) is 4.73. The number of nitrogens with one attached hydrogen (secondary N) is 1. The van der Waals surface area contributed by atoms with Crippen LogP contribution in [0.3, 0.4) is 0 Å². The summed E-state index contributed by atoms with van der Waals surface area (Å²) in [6.07, 6.45) is 0. The Labute approximate surface area is 156 Å². The van der Waals surface area contributed by atoms with Gasteiger partial charge in [0.2, 0.25) is 0 Å². The molecule has 0 radical (unpaired) electrons. The van der Waals surface area contributed by atoms with Gasteiger partial charge in [-0.1, -0.05) is 0 Å². The first kappa shape index (κ1) is 19.0. The smallest absolute Gasteiger partial charge is 0.340 e. The average molecular weight is 379 g/mol. The van der Waals surface area contributed by atoms with E-state index in [1.54, 1.807) is 19.1 Å². The van der Waals surface area contributed by atoms with Crippen molar-refractivity contribution in [2.75, 3.05) is 6.61 Å². The molecular formula is C18H19ClN2O3S. The Morgan fingerprint density at radius 1 is 1.28 bits per heavy atom. The zero-order valence-corrected chi connectivity index (χ0v) is 15.8. The Hall–Kier alpha value is -2.31. The van der Waals surface area contributed by atoms with Crippen molar-refractivity contribution in [3.8, 4) is 27.7 Å². The van der Waals surface area contributed by atoms with Crippen molar-refractivity contribution in [2.24, 2.45) is 0 Å². The van der Waals surface area contributed by atoms with E-state index >= 15 is 0 Å². The normalized spacial score (nSPS) is 10.4. The van der Waals surface area contributed by atoms with Crippen LogP contribution in [0.4, 0.5) is 0 Å². The number of esters is 1. The first-order valence-corrected chi connectivity index (χ1v) is 8.50. The van der Waals surface area contributed by atoms with Crippen LogP contribution < -0.4 is 0 Å². The monoisotopic (exact) mass is 378 g/mol. The molecule has 3 rings (SSSR count). The number of halogens is 1. The van der Waals surface area contributed by atoms with E-state index in [0.717, 1.165) is 33.2 Å². The molecule has 0 saturated heterocycles. The van der Waals surface area contributed by atoms with Crippen molar-refractivity contribution in [3.05, 3.63) is 46.5 Å². The highest BCUT2D eigenvalue weighted by molar-refractivity contribution is 7.13. The molecule has 0 saturated carbocycles.